The Balaban J connectivity index is 1.18. The van der Waals surface area contributed by atoms with Crippen LogP contribution in [0.2, 0.25) is 0 Å². The Morgan fingerprint density at radius 2 is 1.17 bits per heavy atom. The molecular weight excluding hydrogens is 836 g/mol. The van der Waals surface area contributed by atoms with Crippen LogP contribution in [0.4, 0.5) is 0 Å². The van der Waals surface area contributed by atoms with Crippen molar-refractivity contribution in [3.8, 4) is 0 Å². The van der Waals surface area contributed by atoms with Gasteiger partial charge in [0, 0.05) is 0 Å². The average molecular weight is 917 g/mol. The molecule has 3 saturated heterocycles. The van der Waals surface area contributed by atoms with Gasteiger partial charge in [-0.15, -0.1) is 0 Å². The molecule has 370 valence electrons. The van der Waals surface area contributed by atoms with Crippen molar-refractivity contribution in [1.29, 1.82) is 0 Å². The molecule has 0 aromatic heterocycles. The van der Waals surface area contributed by atoms with E-state index in [-0.39, 0.29) is 39.9 Å². The maximum absolute atomic E-state index is 12.5. The highest BCUT2D eigenvalue weighted by molar-refractivity contribution is 5.20. The van der Waals surface area contributed by atoms with Gasteiger partial charge in [0.25, 0.3) is 0 Å². The average Bonchev–Trinajstić information content (AvgIpc) is 3.75. The zero-order valence-corrected chi connectivity index (χ0v) is 39.0. The van der Waals surface area contributed by atoms with E-state index in [1.807, 2.05) is 20.8 Å². The Hall–Kier alpha value is -0.940. The van der Waals surface area contributed by atoms with Crippen molar-refractivity contribution < 1.29 is 84.6 Å². The van der Waals surface area contributed by atoms with E-state index in [0.717, 1.165) is 32.1 Å². The first-order valence-electron chi connectivity index (χ1n) is 23.8. The van der Waals surface area contributed by atoms with Crippen LogP contribution in [-0.2, 0) is 28.4 Å². The molecule has 24 unspecified atom stereocenters. The highest BCUT2D eigenvalue weighted by Gasteiger charge is 2.72. The topological polar surface area (TPSA) is 278 Å². The molecule has 17 nitrogen and oxygen atoms in total. The van der Waals surface area contributed by atoms with Crippen molar-refractivity contribution in [1.82, 2.24) is 0 Å². The number of aliphatic hydroxyl groups excluding tert-OH is 10. The predicted octanol–water partition coefficient (Wildman–Crippen LogP) is 0.612. The minimum absolute atomic E-state index is 0.0640. The lowest BCUT2D eigenvalue weighted by atomic mass is 9.35. The number of hydrogen-bond acceptors (Lipinski definition) is 17. The van der Waals surface area contributed by atoms with Crippen LogP contribution < -0.4 is 0 Å². The summed E-state index contributed by atoms with van der Waals surface area (Å²) in [5.41, 5.74) is -1.21. The molecule has 7 aliphatic rings. The molecule has 0 aromatic carbocycles. The summed E-state index contributed by atoms with van der Waals surface area (Å²) in [5, 5.41) is 118. The number of allylic oxidation sites excluding steroid dienone is 2. The van der Waals surface area contributed by atoms with Gasteiger partial charge in [0.1, 0.15) is 67.1 Å². The van der Waals surface area contributed by atoms with Crippen LogP contribution >= 0.6 is 0 Å². The second kappa shape index (κ2) is 18.8. The van der Waals surface area contributed by atoms with Crippen LogP contribution in [0.25, 0.3) is 0 Å². The van der Waals surface area contributed by atoms with E-state index >= 15 is 0 Å². The summed E-state index contributed by atoms with van der Waals surface area (Å²) < 4.78 is 36.8. The Kier molecular flexibility index (Phi) is 14.9. The molecule has 24 atom stereocenters. The molecule has 3 aliphatic heterocycles. The van der Waals surface area contributed by atoms with E-state index in [1.54, 1.807) is 0 Å². The first kappa shape index (κ1) is 50.9. The third-order valence-corrected chi connectivity index (χ3v) is 18.4. The van der Waals surface area contributed by atoms with E-state index in [4.69, 9.17) is 28.4 Å². The monoisotopic (exact) mass is 917 g/mol. The number of ether oxygens (including phenoxy) is 6. The highest BCUT2D eigenvalue weighted by Crippen LogP contribution is 2.76. The van der Waals surface area contributed by atoms with Gasteiger partial charge in [-0.3, -0.25) is 0 Å². The number of fused-ring (bicyclic) bond motifs is 5. The minimum Gasteiger partial charge on any atom is -0.394 e. The van der Waals surface area contributed by atoms with Gasteiger partial charge in [-0.25, -0.2) is 0 Å². The number of rotatable bonds is 13. The van der Waals surface area contributed by atoms with Gasteiger partial charge in [0.2, 0.25) is 0 Å². The third-order valence-electron chi connectivity index (χ3n) is 18.4. The van der Waals surface area contributed by atoms with E-state index in [9.17, 15) is 56.2 Å². The first-order chi connectivity index (χ1) is 29.9. The van der Waals surface area contributed by atoms with Gasteiger partial charge < -0.3 is 84.6 Å². The normalized spacial score (nSPS) is 52.3. The van der Waals surface area contributed by atoms with Gasteiger partial charge in [0.15, 0.2) is 18.9 Å². The molecule has 4 saturated carbocycles. The fraction of sp³-hybridized carbons (Fsp3) is 0.957. The quantitative estimate of drug-likeness (QED) is 0.0892. The number of aliphatic hydroxyl groups is 11. The summed E-state index contributed by atoms with van der Waals surface area (Å²) in [6, 6.07) is 0. The molecule has 0 spiro atoms. The Morgan fingerprint density at radius 1 is 0.641 bits per heavy atom. The molecule has 7 rings (SSSR count). The van der Waals surface area contributed by atoms with Crippen molar-refractivity contribution in [2.75, 3.05) is 19.8 Å². The molecule has 4 aliphatic carbocycles. The molecule has 0 aromatic rings. The maximum Gasteiger partial charge on any atom is 0.186 e. The van der Waals surface area contributed by atoms with E-state index in [1.165, 1.54) is 5.57 Å². The molecule has 11 N–H and O–H groups in total. The lowest BCUT2D eigenvalue weighted by Crippen LogP contribution is -2.68. The predicted molar refractivity (Wildman–Crippen MR) is 228 cm³/mol. The molecule has 17 heteroatoms. The van der Waals surface area contributed by atoms with Crippen LogP contribution in [0, 0.1) is 45.3 Å². The van der Waals surface area contributed by atoms with Crippen molar-refractivity contribution in [3.05, 3.63) is 11.6 Å². The molecule has 0 bridgehead atoms. The first-order valence-corrected chi connectivity index (χ1v) is 23.8. The molecule has 0 amide bonds. The lowest BCUT2D eigenvalue weighted by molar-refractivity contribution is -0.345. The second-order valence-electron chi connectivity index (χ2n) is 22.5. The summed E-state index contributed by atoms with van der Waals surface area (Å²) in [6.45, 7) is 15.9. The van der Waals surface area contributed by atoms with Crippen molar-refractivity contribution in [3.63, 3.8) is 0 Å². The highest BCUT2D eigenvalue weighted by atomic mass is 16.7. The van der Waals surface area contributed by atoms with E-state index in [2.05, 4.69) is 40.7 Å². The Labute approximate surface area is 377 Å². The molecule has 0 radical (unpaired) electrons. The SMILES string of the molecule is CC(C)=CCCC(C)(O)C1CCC2(C)C1C(OC1OC(COC3OC(CO)C(O)C3O)C(O)C(O)C1O)CC1C3(C)CCC(OC4OC(CO)C(O)C(O)C4O)C(C)(C)C3CCC12C. The molecule has 7 fully saturated rings. The number of hydrogen-bond donors (Lipinski definition) is 11. The summed E-state index contributed by atoms with van der Waals surface area (Å²) in [4.78, 5) is 0. The summed E-state index contributed by atoms with van der Waals surface area (Å²) in [7, 11) is 0. The largest absolute Gasteiger partial charge is 0.394 e. The van der Waals surface area contributed by atoms with Crippen LogP contribution in [0.1, 0.15) is 113 Å². The zero-order chi connectivity index (χ0) is 47.1. The maximum atomic E-state index is 12.5. The summed E-state index contributed by atoms with van der Waals surface area (Å²) >= 11 is 0. The second-order valence-corrected chi connectivity index (χ2v) is 22.5. The van der Waals surface area contributed by atoms with Gasteiger partial charge >= 0.3 is 0 Å². The summed E-state index contributed by atoms with van der Waals surface area (Å²) in [5.74, 6) is -0.200. The van der Waals surface area contributed by atoms with E-state index in [0.29, 0.717) is 25.7 Å². The fourth-order valence-corrected chi connectivity index (χ4v) is 14.5. The van der Waals surface area contributed by atoms with Crippen molar-refractivity contribution in [2.24, 2.45) is 45.3 Å². The zero-order valence-electron chi connectivity index (χ0n) is 39.0. The van der Waals surface area contributed by atoms with Crippen molar-refractivity contribution >= 4 is 0 Å². The Morgan fingerprint density at radius 3 is 1.78 bits per heavy atom. The standard InChI is InChI=1S/C47H80O17/c1-22(2)10-9-14-47(8,58)23-11-16-46(7)31(23)24(60-41-38(56)36(54)34(52)27(63-41)21-59-40-37(55)33(51)26(20-49)61-40)18-29-44(5)15-13-30(43(3,4)28(44)12-17-45(29,46)6)64-42-39(57)35(53)32(50)25(19-48)62-42/h10,23-42,48-58H,9,11-21H2,1-8H3. The fourth-order valence-electron chi connectivity index (χ4n) is 14.5. The van der Waals surface area contributed by atoms with Gasteiger partial charge in [-0.05, 0) is 124 Å². The molecule has 3 heterocycles. The third kappa shape index (κ3) is 8.60. The summed E-state index contributed by atoms with van der Waals surface area (Å²) in [6.07, 6.45) is -12.2. The Bertz CT molecular complexity index is 1620. The van der Waals surface area contributed by atoms with Crippen LogP contribution in [-0.4, -0.2) is 180 Å². The minimum atomic E-state index is -1.69. The van der Waals surface area contributed by atoms with Gasteiger partial charge in [0.05, 0.1) is 37.6 Å². The molecular formula is C47H80O17. The van der Waals surface area contributed by atoms with Gasteiger partial charge in [-0.1, -0.05) is 46.3 Å². The van der Waals surface area contributed by atoms with Gasteiger partial charge in [-0.2, -0.15) is 0 Å². The smallest absolute Gasteiger partial charge is 0.186 e. The van der Waals surface area contributed by atoms with Crippen LogP contribution in [0.5, 0.6) is 0 Å². The van der Waals surface area contributed by atoms with Crippen LogP contribution in [0.3, 0.4) is 0 Å². The lowest BCUT2D eigenvalue weighted by Gasteiger charge is -2.71. The van der Waals surface area contributed by atoms with Crippen molar-refractivity contribution in [2.45, 2.75) is 217 Å². The van der Waals surface area contributed by atoms with Crippen LogP contribution in [0.15, 0.2) is 11.6 Å². The molecule has 64 heavy (non-hydrogen) atoms. The van der Waals surface area contributed by atoms with E-state index < -0.39 is 129 Å².